The number of carbonyl (C=O) groups excluding carboxylic acids is 1. The highest BCUT2D eigenvalue weighted by atomic mass is 16.5. The number of carbonyl (C=O) groups is 2. The van der Waals surface area contributed by atoms with Crippen LogP contribution < -0.4 is 0 Å². The Morgan fingerprint density at radius 3 is 3.05 bits per heavy atom. The van der Waals surface area contributed by atoms with Gasteiger partial charge in [-0.15, -0.1) is 0 Å². The Morgan fingerprint density at radius 2 is 2.24 bits per heavy atom. The van der Waals surface area contributed by atoms with E-state index in [1.165, 1.54) is 4.90 Å². The Morgan fingerprint density at radius 1 is 1.43 bits per heavy atom. The number of aliphatic carboxylic acids is 1. The van der Waals surface area contributed by atoms with Crippen LogP contribution in [0.3, 0.4) is 0 Å². The molecule has 7 nitrogen and oxygen atoms in total. The third kappa shape index (κ3) is 2.73. The smallest absolute Gasteiger partial charge is 0.334 e. The Labute approximate surface area is 120 Å². The van der Waals surface area contributed by atoms with Gasteiger partial charge in [0.25, 0.3) is 0 Å². The molecule has 1 saturated heterocycles. The van der Waals surface area contributed by atoms with Crippen LogP contribution in [0, 0.1) is 0 Å². The third-order valence-electron chi connectivity index (χ3n) is 3.56. The average Bonchev–Trinajstić information content (AvgIpc) is 2.91. The van der Waals surface area contributed by atoms with Crippen LogP contribution in [-0.4, -0.2) is 57.9 Å². The first kappa shape index (κ1) is 13.6. The molecular formula is C14H15N3O4. The molecule has 2 heterocycles. The number of carboxylic acid groups (broad SMARTS) is 1. The lowest BCUT2D eigenvalue weighted by Crippen LogP contribution is -2.49. The molecular weight excluding hydrogens is 274 g/mol. The first-order chi connectivity index (χ1) is 10.1. The third-order valence-corrected chi connectivity index (χ3v) is 3.56. The van der Waals surface area contributed by atoms with Crippen molar-refractivity contribution in [2.45, 2.75) is 12.5 Å². The van der Waals surface area contributed by atoms with E-state index in [-0.39, 0.29) is 25.5 Å². The molecule has 0 spiro atoms. The van der Waals surface area contributed by atoms with Crippen LogP contribution >= 0.6 is 0 Å². The minimum absolute atomic E-state index is 0.0836. The van der Waals surface area contributed by atoms with Crippen LogP contribution in [0.5, 0.6) is 0 Å². The van der Waals surface area contributed by atoms with Crippen molar-refractivity contribution in [2.24, 2.45) is 0 Å². The summed E-state index contributed by atoms with van der Waals surface area (Å²) in [4.78, 5) is 24.8. The van der Waals surface area contributed by atoms with E-state index in [0.717, 1.165) is 16.6 Å². The number of amides is 1. The number of ether oxygens (including phenoxy) is 1. The normalized spacial score (nSPS) is 18.9. The van der Waals surface area contributed by atoms with Crippen molar-refractivity contribution in [3.05, 3.63) is 30.0 Å². The molecule has 1 aromatic carbocycles. The number of nitrogens with one attached hydrogen (secondary N) is 1. The number of rotatable bonds is 3. The highest BCUT2D eigenvalue weighted by Crippen LogP contribution is 2.17. The lowest BCUT2D eigenvalue weighted by Gasteiger charge is -2.30. The molecule has 110 valence electrons. The minimum atomic E-state index is -1.04. The van der Waals surface area contributed by atoms with Crippen molar-refractivity contribution in [3.8, 4) is 0 Å². The lowest BCUT2D eigenvalue weighted by molar-refractivity contribution is -0.159. The molecule has 1 aliphatic rings. The molecule has 1 aliphatic heterocycles. The zero-order chi connectivity index (χ0) is 14.8. The molecule has 1 amide bonds. The van der Waals surface area contributed by atoms with E-state index in [4.69, 9.17) is 9.84 Å². The van der Waals surface area contributed by atoms with Crippen molar-refractivity contribution in [1.29, 1.82) is 0 Å². The summed E-state index contributed by atoms with van der Waals surface area (Å²) in [6, 6.07) is 7.55. The number of nitrogens with zero attached hydrogens (tertiary/aromatic N) is 2. The molecule has 1 atom stereocenters. The van der Waals surface area contributed by atoms with E-state index in [1.807, 2.05) is 24.3 Å². The zero-order valence-corrected chi connectivity index (χ0v) is 11.3. The number of H-pyrrole nitrogens is 1. The summed E-state index contributed by atoms with van der Waals surface area (Å²) in [7, 11) is 0. The predicted octanol–water partition coefficient (Wildman–Crippen LogP) is 0.417. The molecule has 7 heteroatoms. The van der Waals surface area contributed by atoms with E-state index < -0.39 is 12.1 Å². The van der Waals surface area contributed by atoms with E-state index in [9.17, 15) is 9.59 Å². The molecule has 2 N–H and O–H groups in total. The fraction of sp³-hybridized carbons (Fsp3) is 0.357. The van der Waals surface area contributed by atoms with Crippen molar-refractivity contribution < 1.29 is 19.4 Å². The fourth-order valence-corrected chi connectivity index (χ4v) is 2.44. The number of aromatic amines is 1. The number of hydrogen-bond acceptors (Lipinski definition) is 4. The van der Waals surface area contributed by atoms with Gasteiger partial charge in [0.2, 0.25) is 5.91 Å². The number of carboxylic acids is 1. The standard InChI is InChI=1S/C14H15N3O4/c18-13(17-5-6-21-12(8-17)14(19)20)7-11-9-3-1-2-4-10(9)15-16-11/h1-4,12H,5-8H2,(H,15,16)(H,19,20)/t12-/m1/s1. The molecule has 0 saturated carbocycles. The summed E-state index contributed by atoms with van der Waals surface area (Å²) in [6.07, 6.45) is -0.770. The van der Waals surface area contributed by atoms with Crippen LogP contribution in [0.2, 0.25) is 0 Å². The number of fused-ring (bicyclic) bond motifs is 1. The van der Waals surface area contributed by atoms with Crippen molar-refractivity contribution >= 4 is 22.8 Å². The second-order valence-corrected chi connectivity index (χ2v) is 4.93. The average molecular weight is 289 g/mol. The van der Waals surface area contributed by atoms with Gasteiger partial charge in [-0.05, 0) is 6.07 Å². The Hall–Kier alpha value is -2.41. The maximum atomic E-state index is 12.3. The van der Waals surface area contributed by atoms with Crippen LogP contribution in [0.4, 0.5) is 0 Å². The monoisotopic (exact) mass is 289 g/mol. The summed E-state index contributed by atoms with van der Waals surface area (Å²) in [5.41, 5.74) is 1.56. The van der Waals surface area contributed by atoms with Gasteiger partial charge in [-0.1, -0.05) is 18.2 Å². The lowest BCUT2D eigenvalue weighted by atomic mass is 10.1. The fourth-order valence-electron chi connectivity index (χ4n) is 2.44. The molecule has 0 bridgehead atoms. The van der Waals surface area contributed by atoms with Crippen LogP contribution in [0.1, 0.15) is 5.69 Å². The van der Waals surface area contributed by atoms with E-state index in [0.29, 0.717) is 6.54 Å². The van der Waals surface area contributed by atoms with Gasteiger partial charge in [0.15, 0.2) is 6.10 Å². The Kier molecular flexibility index (Phi) is 3.57. The summed E-state index contributed by atoms with van der Waals surface area (Å²) in [6.45, 7) is 0.737. The largest absolute Gasteiger partial charge is 0.479 e. The summed E-state index contributed by atoms with van der Waals surface area (Å²) in [5.74, 6) is -1.17. The summed E-state index contributed by atoms with van der Waals surface area (Å²) in [5, 5.41) is 16.9. The Bertz CT molecular complexity index is 682. The summed E-state index contributed by atoms with van der Waals surface area (Å²) >= 11 is 0. The van der Waals surface area contributed by atoms with Crippen LogP contribution in [-0.2, 0) is 20.7 Å². The molecule has 0 radical (unpaired) electrons. The van der Waals surface area contributed by atoms with Gasteiger partial charge < -0.3 is 14.7 Å². The van der Waals surface area contributed by atoms with Gasteiger partial charge in [-0.3, -0.25) is 9.89 Å². The second kappa shape index (κ2) is 5.53. The van der Waals surface area contributed by atoms with Gasteiger partial charge in [0, 0.05) is 11.9 Å². The zero-order valence-electron chi connectivity index (χ0n) is 11.3. The van der Waals surface area contributed by atoms with Crippen LogP contribution in [0.25, 0.3) is 10.9 Å². The van der Waals surface area contributed by atoms with E-state index in [2.05, 4.69) is 10.2 Å². The number of benzene rings is 1. The molecule has 1 fully saturated rings. The first-order valence-corrected chi connectivity index (χ1v) is 6.69. The molecule has 0 aliphatic carbocycles. The van der Waals surface area contributed by atoms with Gasteiger partial charge in [-0.25, -0.2) is 4.79 Å². The minimum Gasteiger partial charge on any atom is -0.479 e. The molecule has 0 unspecified atom stereocenters. The Balaban J connectivity index is 1.72. The first-order valence-electron chi connectivity index (χ1n) is 6.69. The quantitative estimate of drug-likeness (QED) is 0.853. The van der Waals surface area contributed by atoms with Gasteiger partial charge in [-0.2, -0.15) is 5.10 Å². The molecule has 21 heavy (non-hydrogen) atoms. The van der Waals surface area contributed by atoms with Gasteiger partial charge >= 0.3 is 5.97 Å². The van der Waals surface area contributed by atoms with Crippen molar-refractivity contribution in [2.75, 3.05) is 19.7 Å². The highest BCUT2D eigenvalue weighted by molar-refractivity contribution is 5.87. The molecule has 2 aromatic rings. The molecule has 3 rings (SSSR count). The number of morpholine rings is 1. The summed E-state index contributed by atoms with van der Waals surface area (Å²) < 4.78 is 5.11. The number of para-hydroxylation sites is 1. The predicted molar refractivity (Wildman–Crippen MR) is 73.8 cm³/mol. The van der Waals surface area contributed by atoms with Gasteiger partial charge in [0.1, 0.15) is 0 Å². The van der Waals surface area contributed by atoms with Crippen molar-refractivity contribution in [1.82, 2.24) is 15.1 Å². The second-order valence-electron chi connectivity index (χ2n) is 4.93. The van der Waals surface area contributed by atoms with Crippen molar-refractivity contribution in [3.63, 3.8) is 0 Å². The van der Waals surface area contributed by atoms with Crippen LogP contribution in [0.15, 0.2) is 24.3 Å². The SMILES string of the molecule is O=C(O)[C@H]1CN(C(=O)Cc2[nH]nc3ccccc23)CCO1. The molecule has 1 aromatic heterocycles. The number of aromatic nitrogens is 2. The number of hydrogen-bond donors (Lipinski definition) is 2. The highest BCUT2D eigenvalue weighted by Gasteiger charge is 2.29. The van der Waals surface area contributed by atoms with E-state index in [1.54, 1.807) is 0 Å². The van der Waals surface area contributed by atoms with E-state index >= 15 is 0 Å². The topological polar surface area (TPSA) is 95.5 Å². The maximum Gasteiger partial charge on any atom is 0.334 e. The van der Waals surface area contributed by atoms with Gasteiger partial charge in [0.05, 0.1) is 30.8 Å². The maximum absolute atomic E-state index is 12.3.